The quantitative estimate of drug-likeness (QED) is 0.647. The Morgan fingerprint density at radius 3 is 2.23 bits per heavy atom. The number of carbonyl (C=O) groups excluding carboxylic acids is 2. The number of hydrogen-bond donors (Lipinski definition) is 0. The molecule has 0 atom stereocenters. The summed E-state index contributed by atoms with van der Waals surface area (Å²) in [5.41, 5.74) is 1.62. The molecule has 0 aliphatic carbocycles. The summed E-state index contributed by atoms with van der Waals surface area (Å²) in [5, 5.41) is 0. The van der Waals surface area contributed by atoms with Gasteiger partial charge < -0.3 is 19.1 Å². The summed E-state index contributed by atoms with van der Waals surface area (Å²) in [6.07, 6.45) is 4.97. The molecule has 140 valence electrons. The zero-order valence-corrected chi connectivity index (χ0v) is 15.7. The minimum Gasteiger partial charge on any atom is -0.469 e. The van der Waals surface area contributed by atoms with Gasteiger partial charge >= 0.3 is 5.97 Å². The molecule has 1 amide bonds. The van der Waals surface area contributed by atoms with Gasteiger partial charge in [0.1, 0.15) is 0 Å². The van der Waals surface area contributed by atoms with Crippen LogP contribution in [0.25, 0.3) is 5.69 Å². The zero-order chi connectivity index (χ0) is 18.9. The molecule has 6 nitrogen and oxygen atoms in total. The third-order valence-electron chi connectivity index (χ3n) is 4.15. The summed E-state index contributed by atoms with van der Waals surface area (Å²) < 4.78 is 6.68. The smallest absolute Gasteiger partial charge is 0.307 e. The van der Waals surface area contributed by atoms with Gasteiger partial charge in [-0.25, -0.2) is 0 Å². The van der Waals surface area contributed by atoms with Crippen LogP contribution in [0.5, 0.6) is 0 Å². The number of methoxy groups -OCH3 is 1. The van der Waals surface area contributed by atoms with Gasteiger partial charge in [-0.05, 0) is 63.5 Å². The van der Waals surface area contributed by atoms with Crippen LogP contribution in [0.3, 0.4) is 0 Å². The van der Waals surface area contributed by atoms with Gasteiger partial charge in [-0.3, -0.25) is 9.59 Å². The molecule has 0 unspecified atom stereocenters. The molecule has 0 aliphatic heterocycles. The maximum absolute atomic E-state index is 12.9. The van der Waals surface area contributed by atoms with Crippen LogP contribution < -0.4 is 0 Å². The first-order valence-electron chi connectivity index (χ1n) is 8.75. The Bertz CT molecular complexity index is 694. The van der Waals surface area contributed by atoms with Crippen molar-refractivity contribution in [3.63, 3.8) is 0 Å². The monoisotopic (exact) mass is 357 g/mol. The summed E-state index contributed by atoms with van der Waals surface area (Å²) in [4.78, 5) is 28.1. The van der Waals surface area contributed by atoms with Gasteiger partial charge in [0.2, 0.25) is 0 Å². The Hall–Kier alpha value is -2.60. The van der Waals surface area contributed by atoms with Crippen molar-refractivity contribution in [3.05, 3.63) is 54.4 Å². The van der Waals surface area contributed by atoms with Crippen molar-refractivity contribution in [2.45, 2.75) is 12.8 Å². The summed E-state index contributed by atoms with van der Waals surface area (Å²) in [7, 11) is 5.36. The van der Waals surface area contributed by atoms with Gasteiger partial charge in [-0.1, -0.05) is 0 Å². The lowest BCUT2D eigenvalue weighted by Crippen LogP contribution is -2.35. The predicted molar refractivity (Wildman–Crippen MR) is 101 cm³/mol. The van der Waals surface area contributed by atoms with E-state index >= 15 is 0 Å². The number of esters is 1. The van der Waals surface area contributed by atoms with Gasteiger partial charge in [0.05, 0.1) is 13.5 Å². The molecule has 0 radical (unpaired) electrons. The lowest BCUT2D eigenvalue weighted by atomic mass is 10.1. The Morgan fingerprint density at radius 2 is 1.65 bits per heavy atom. The first-order chi connectivity index (χ1) is 12.5. The number of ether oxygens (including phenoxy) is 1. The number of carbonyl (C=O) groups is 2. The summed E-state index contributed by atoms with van der Waals surface area (Å²) >= 11 is 0. The number of rotatable bonds is 9. The van der Waals surface area contributed by atoms with E-state index in [1.807, 2.05) is 67.5 Å². The van der Waals surface area contributed by atoms with E-state index < -0.39 is 0 Å². The number of aromatic nitrogens is 1. The highest BCUT2D eigenvalue weighted by Crippen LogP contribution is 2.13. The fourth-order valence-corrected chi connectivity index (χ4v) is 2.69. The van der Waals surface area contributed by atoms with Gasteiger partial charge in [-0.2, -0.15) is 0 Å². The molecule has 0 saturated heterocycles. The topological polar surface area (TPSA) is 54.8 Å². The maximum atomic E-state index is 12.9. The molecular formula is C20H27N3O3. The minimum atomic E-state index is -0.307. The highest BCUT2D eigenvalue weighted by atomic mass is 16.5. The van der Waals surface area contributed by atoms with Gasteiger partial charge in [0.15, 0.2) is 0 Å². The van der Waals surface area contributed by atoms with Crippen molar-refractivity contribution in [2.75, 3.05) is 40.8 Å². The molecule has 26 heavy (non-hydrogen) atoms. The SMILES string of the molecule is COC(=O)CCN(CCCN(C)C)C(=O)c1ccc(-n2cccc2)cc1. The molecule has 1 heterocycles. The third-order valence-corrected chi connectivity index (χ3v) is 4.15. The third kappa shape index (κ3) is 5.74. The zero-order valence-electron chi connectivity index (χ0n) is 15.7. The lowest BCUT2D eigenvalue weighted by molar-refractivity contribution is -0.140. The lowest BCUT2D eigenvalue weighted by Gasteiger charge is -2.23. The number of hydrogen-bond acceptors (Lipinski definition) is 4. The summed E-state index contributed by atoms with van der Waals surface area (Å²) in [6.45, 7) is 1.85. The standard InChI is InChI=1S/C20H27N3O3/c1-21(2)12-6-15-23(16-11-19(24)26-3)20(25)17-7-9-18(10-8-17)22-13-4-5-14-22/h4-5,7-10,13-14H,6,11-12,15-16H2,1-3H3. The predicted octanol–water partition coefficient (Wildman–Crippen LogP) is 2.43. The van der Waals surface area contributed by atoms with E-state index in [1.165, 1.54) is 7.11 Å². The van der Waals surface area contributed by atoms with E-state index in [4.69, 9.17) is 4.74 Å². The van der Waals surface area contributed by atoms with Gasteiger partial charge in [-0.15, -0.1) is 0 Å². The van der Waals surface area contributed by atoms with Gasteiger partial charge in [0, 0.05) is 36.7 Å². The van der Waals surface area contributed by atoms with E-state index in [0.29, 0.717) is 18.7 Å². The second kappa shape index (κ2) is 9.77. The van der Waals surface area contributed by atoms with Crippen molar-refractivity contribution >= 4 is 11.9 Å². The second-order valence-corrected chi connectivity index (χ2v) is 6.41. The number of amides is 1. The Morgan fingerprint density at radius 1 is 1.00 bits per heavy atom. The molecule has 0 spiro atoms. The molecule has 1 aromatic heterocycles. The highest BCUT2D eigenvalue weighted by molar-refractivity contribution is 5.94. The first kappa shape index (κ1) is 19.7. The van der Waals surface area contributed by atoms with Crippen LogP contribution in [0.1, 0.15) is 23.2 Å². The van der Waals surface area contributed by atoms with Crippen LogP contribution in [0, 0.1) is 0 Å². The fourth-order valence-electron chi connectivity index (χ4n) is 2.69. The normalized spacial score (nSPS) is 10.8. The van der Waals surface area contributed by atoms with Crippen molar-refractivity contribution in [1.29, 1.82) is 0 Å². The Labute approximate surface area is 155 Å². The molecule has 1 aromatic carbocycles. The van der Waals surface area contributed by atoms with Crippen LogP contribution >= 0.6 is 0 Å². The second-order valence-electron chi connectivity index (χ2n) is 6.41. The average Bonchev–Trinajstić information content (AvgIpc) is 3.18. The molecule has 0 saturated carbocycles. The molecule has 2 rings (SSSR count). The summed E-state index contributed by atoms with van der Waals surface area (Å²) in [5.74, 6) is -0.370. The first-order valence-corrected chi connectivity index (χ1v) is 8.75. The van der Waals surface area contributed by atoms with Crippen LogP contribution in [0.2, 0.25) is 0 Å². The number of benzene rings is 1. The molecule has 2 aromatic rings. The van der Waals surface area contributed by atoms with Crippen molar-refractivity contribution in [1.82, 2.24) is 14.4 Å². The van der Waals surface area contributed by atoms with Crippen LogP contribution in [-0.4, -0.2) is 67.1 Å². The fraction of sp³-hybridized carbons (Fsp3) is 0.400. The molecule has 6 heteroatoms. The highest BCUT2D eigenvalue weighted by Gasteiger charge is 2.17. The van der Waals surface area contributed by atoms with Crippen LogP contribution in [0.4, 0.5) is 0 Å². The number of nitrogens with zero attached hydrogens (tertiary/aromatic N) is 3. The van der Waals surface area contributed by atoms with Crippen LogP contribution in [0.15, 0.2) is 48.8 Å². The van der Waals surface area contributed by atoms with E-state index in [9.17, 15) is 9.59 Å². The van der Waals surface area contributed by atoms with Crippen molar-refractivity contribution in [2.24, 2.45) is 0 Å². The molecular weight excluding hydrogens is 330 g/mol. The minimum absolute atomic E-state index is 0.0632. The van der Waals surface area contributed by atoms with Crippen molar-refractivity contribution < 1.29 is 14.3 Å². The largest absolute Gasteiger partial charge is 0.469 e. The summed E-state index contributed by atoms with van der Waals surface area (Å²) in [6, 6.07) is 11.4. The molecule has 0 N–H and O–H groups in total. The van der Waals surface area contributed by atoms with Crippen molar-refractivity contribution in [3.8, 4) is 5.69 Å². The van der Waals surface area contributed by atoms with Gasteiger partial charge in [0.25, 0.3) is 5.91 Å². The van der Waals surface area contributed by atoms with E-state index in [0.717, 1.165) is 18.7 Å². The molecule has 0 bridgehead atoms. The van der Waals surface area contributed by atoms with Crippen LogP contribution in [-0.2, 0) is 9.53 Å². The maximum Gasteiger partial charge on any atom is 0.307 e. The van der Waals surface area contributed by atoms with E-state index in [1.54, 1.807) is 4.90 Å². The molecule has 0 aliphatic rings. The Balaban J connectivity index is 2.06. The van der Waals surface area contributed by atoms with E-state index in [-0.39, 0.29) is 18.3 Å². The Kier molecular flexibility index (Phi) is 7.41. The molecule has 0 fully saturated rings. The average molecular weight is 357 g/mol. The van der Waals surface area contributed by atoms with E-state index in [2.05, 4.69) is 4.90 Å².